The van der Waals surface area contributed by atoms with Gasteiger partial charge in [-0.2, -0.15) is 0 Å². The van der Waals surface area contributed by atoms with Crippen molar-refractivity contribution >= 4 is 11.6 Å². The standard InChI is InChI=1S/C14H25N5/c1-10(2)17-14-8-13(18-11(3)19-14)16-7-5-12-4-6-15-9-12/h8,10,12,15H,4-7,9H2,1-3H3,(H2,16,17,18,19). The molecule has 1 fully saturated rings. The molecule has 0 radical (unpaired) electrons. The Labute approximate surface area is 115 Å². The second-order valence-corrected chi connectivity index (χ2v) is 5.56. The van der Waals surface area contributed by atoms with E-state index in [4.69, 9.17) is 0 Å². The van der Waals surface area contributed by atoms with Crippen molar-refractivity contribution in [2.75, 3.05) is 30.3 Å². The first-order valence-corrected chi connectivity index (χ1v) is 7.20. The number of aryl methyl sites for hydroxylation is 1. The van der Waals surface area contributed by atoms with E-state index in [9.17, 15) is 0 Å². The minimum Gasteiger partial charge on any atom is -0.370 e. The van der Waals surface area contributed by atoms with Crippen molar-refractivity contribution in [3.63, 3.8) is 0 Å². The van der Waals surface area contributed by atoms with Crippen LogP contribution in [0.5, 0.6) is 0 Å². The van der Waals surface area contributed by atoms with Crippen LogP contribution in [0.15, 0.2) is 6.07 Å². The van der Waals surface area contributed by atoms with Crippen LogP contribution in [-0.2, 0) is 0 Å². The number of anilines is 2. The third kappa shape index (κ3) is 4.67. The van der Waals surface area contributed by atoms with Crippen LogP contribution < -0.4 is 16.0 Å². The highest BCUT2D eigenvalue weighted by Crippen LogP contribution is 2.15. The van der Waals surface area contributed by atoms with Crippen molar-refractivity contribution in [1.82, 2.24) is 15.3 Å². The second kappa shape index (κ2) is 6.70. The van der Waals surface area contributed by atoms with Crippen LogP contribution >= 0.6 is 0 Å². The number of aromatic nitrogens is 2. The molecular formula is C14H25N5. The van der Waals surface area contributed by atoms with E-state index in [1.54, 1.807) is 0 Å². The molecule has 106 valence electrons. The Morgan fingerprint density at radius 3 is 2.84 bits per heavy atom. The largest absolute Gasteiger partial charge is 0.370 e. The van der Waals surface area contributed by atoms with Crippen LogP contribution in [0.4, 0.5) is 11.6 Å². The molecule has 3 N–H and O–H groups in total. The Bertz CT molecular complexity index is 399. The van der Waals surface area contributed by atoms with E-state index in [2.05, 4.69) is 39.8 Å². The smallest absolute Gasteiger partial charge is 0.131 e. The van der Waals surface area contributed by atoms with Crippen LogP contribution in [0, 0.1) is 12.8 Å². The summed E-state index contributed by atoms with van der Waals surface area (Å²) in [6.07, 6.45) is 2.49. The molecule has 2 heterocycles. The zero-order valence-electron chi connectivity index (χ0n) is 12.2. The molecule has 0 aliphatic carbocycles. The fourth-order valence-corrected chi connectivity index (χ4v) is 2.39. The van der Waals surface area contributed by atoms with Gasteiger partial charge in [-0.1, -0.05) is 0 Å². The van der Waals surface area contributed by atoms with Crippen LogP contribution in [0.1, 0.15) is 32.5 Å². The van der Waals surface area contributed by atoms with E-state index in [1.807, 2.05) is 13.0 Å². The Hall–Kier alpha value is -1.36. The fraction of sp³-hybridized carbons (Fsp3) is 0.714. The van der Waals surface area contributed by atoms with E-state index < -0.39 is 0 Å². The van der Waals surface area contributed by atoms with Crippen molar-refractivity contribution in [3.05, 3.63) is 11.9 Å². The molecule has 0 amide bonds. The normalized spacial score (nSPS) is 18.8. The molecule has 5 nitrogen and oxygen atoms in total. The zero-order chi connectivity index (χ0) is 13.7. The molecule has 1 aliphatic rings. The third-order valence-electron chi connectivity index (χ3n) is 3.30. The van der Waals surface area contributed by atoms with Crippen LogP contribution in [0.25, 0.3) is 0 Å². The highest BCUT2D eigenvalue weighted by Gasteiger charge is 2.13. The van der Waals surface area contributed by atoms with E-state index in [0.29, 0.717) is 6.04 Å². The van der Waals surface area contributed by atoms with Gasteiger partial charge in [0.05, 0.1) is 0 Å². The summed E-state index contributed by atoms with van der Waals surface area (Å²) >= 11 is 0. The highest BCUT2D eigenvalue weighted by molar-refractivity contribution is 5.47. The Balaban J connectivity index is 1.86. The molecule has 1 atom stereocenters. The maximum Gasteiger partial charge on any atom is 0.131 e. The van der Waals surface area contributed by atoms with Crippen molar-refractivity contribution in [3.8, 4) is 0 Å². The summed E-state index contributed by atoms with van der Waals surface area (Å²) in [6, 6.07) is 2.37. The predicted octanol–water partition coefficient (Wildman–Crippen LogP) is 2.02. The van der Waals surface area contributed by atoms with Gasteiger partial charge in [-0.3, -0.25) is 0 Å². The third-order valence-corrected chi connectivity index (χ3v) is 3.30. The molecule has 2 rings (SSSR count). The minimum atomic E-state index is 0.381. The molecule has 1 aromatic rings. The quantitative estimate of drug-likeness (QED) is 0.733. The van der Waals surface area contributed by atoms with Crippen molar-refractivity contribution < 1.29 is 0 Å². The number of hydrogen-bond acceptors (Lipinski definition) is 5. The van der Waals surface area contributed by atoms with Crippen LogP contribution in [0.2, 0.25) is 0 Å². The molecule has 0 saturated carbocycles. The number of hydrogen-bond donors (Lipinski definition) is 3. The van der Waals surface area contributed by atoms with E-state index in [0.717, 1.165) is 36.5 Å². The molecule has 19 heavy (non-hydrogen) atoms. The van der Waals surface area contributed by atoms with Gasteiger partial charge in [0.15, 0.2) is 0 Å². The molecule has 1 aromatic heterocycles. The highest BCUT2D eigenvalue weighted by atomic mass is 15.1. The van der Waals surface area contributed by atoms with E-state index in [-0.39, 0.29) is 0 Å². The van der Waals surface area contributed by atoms with E-state index in [1.165, 1.54) is 19.4 Å². The molecule has 1 unspecified atom stereocenters. The van der Waals surface area contributed by atoms with Gasteiger partial charge in [0.1, 0.15) is 17.5 Å². The van der Waals surface area contributed by atoms with Gasteiger partial charge >= 0.3 is 0 Å². The van der Waals surface area contributed by atoms with Crippen LogP contribution in [0.3, 0.4) is 0 Å². The summed E-state index contributed by atoms with van der Waals surface area (Å²) in [6.45, 7) is 9.45. The SMILES string of the molecule is Cc1nc(NCCC2CCNC2)cc(NC(C)C)n1. The average Bonchev–Trinajstić information content (AvgIpc) is 2.80. The number of nitrogens with one attached hydrogen (secondary N) is 3. The molecule has 1 saturated heterocycles. The molecule has 0 aromatic carbocycles. The van der Waals surface area contributed by atoms with Gasteiger partial charge in [-0.15, -0.1) is 0 Å². The topological polar surface area (TPSA) is 61.9 Å². The summed E-state index contributed by atoms with van der Waals surface area (Å²) in [5.74, 6) is 3.42. The first-order valence-electron chi connectivity index (χ1n) is 7.20. The second-order valence-electron chi connectivity index (χ2n) is 5.56. The van der Waals surface area contributed by atoms with Gasteiger partial charge in [-0.05, 0) is 52.6 Å². The fourth-order valence-electron chi connectivity index (χ4n) is 2.39. The average molecular weight is 263 g/mol. The lowest BCUT2D eigenvalue weighted by molar-refractivity contribution is 0.549. The zero-order valence-corrected chi connectivity index (χ0v) is 12.2. The summed E-state index contributed by atoms with van der Waals surface area (Å²) in [5.41, 5.74) is 0. The van der Waals surface area contributed by atoms with Gasteiger partial charge in [-0.25, -0.2) is 9.97 Å². The summed E-state index contributed by atoms with van der Waals surface area (Å²) in [5, 5.41) is 10.1. The summed E-state index contributed by atoms with van der Waals surface area (Å²) in [4.78, 5) is 8.81. The monoisotopic (exact) mass is 263 g/mol. The first kappa shape index (κ1) is 14.1. The molecule has 5 heteroatoms. The lowest BCUT2D eigenvalue weighted by atomic mass is 10.1. The van der Waals surface area contributed by atoms with Gasteiger partial charge < -0.3 is 16.0 Å². The first-order chi connectivity index (χ1) is 9.13. The van der Waals surface area contributed by atoms with Crippen LogP contribution in [-0.4, -0.2) is 35.6 Å². The molecule has 0 spiro atoms. The molecule has 1 aliphatic heterocycles. The lowest BCUT2D eigenvalue weighted by Gasteiger charge is -2.13. The summed E-state index contributed by atoms with van der Waals surface area (Å²) in [7, 11) is 0. The Kier molecular flexibility index (Phi) is 4.96. The van der Waals surface area contributed by atoms with Crippen molar-refractivity contribution in [2.45, 2.75) is 39.7 Å². The van der Waals surface area contributed by atoms with Crippen molar-refractivity contribution in [1.29, 1.82) is 0 Å². The Morgan fingerprint density at radius 2 is 2.16 bits per heavy atom. The predicted molar refractivity (Wildman–Crippen MR) is 79.6 cm³/mol. The van der Waals surface area contributed by atoms with Gasteiger partial charge in [0, 0.05) is 18.7 Å². The van der Waals surface area contributed by atoms with E-state index >= 15 is 0 Å². The van der Waals surface area contributed by atoms with Crippen molar-refractivity contribution in [2.24, 2.45) is 5.92 Å². The maximum atomic E-state index is 4.43. The van der Waals surface area contributed by atoms with Gasteiger partial charge in [0.2, 0.25) is 0 Å². The minimum absolute atomic E-state index is 0.381. The Morgan fingerprint density at radius 1 is 1.37 bits per heavy atom. The lowest BCUT2D eigenvalue weighted by Crippen LogP contribution is -2.15. The maximum absolute atomic E-state index is 4.43. The number of nitrogens with zero attached hydrogens (tertiary/aromatic N) is 2. The number of rotatable bonds is 6. The van der Waals surface area contributed by atoms with Gasteiger partial charge in [0.25, 0.3) is 0 Å². The molecule has 0 bridgehead atoms. The molecular weight excluding hydrogens is 238 g/mol. The summed E-state index contributed by atoms with van der Waals surface area (Å²) < 4.78 is 0.